The SMILES string of the molecule is CC(=O)OC[C@@H]1O[C@H](O[C@H]2[C@@H](OC(C)=O)[C@H](OC(C)=O)[C@@H](OC(C)=O)O[C@@H]2COC(C)=O)[C@H](OC(C)=O)[C@@H](OC(C)=O)[C@@H]1OC(C)=O. The molecule has 2 heterocycles. The summed E-state index contributed by atoms with van der Waals surface area (Å²) in [7, 11) is 0. The normalized spacial score (nSPS) is 30.0. The second-order valence-corrected chi connectivity index (χ2v) is 10.3. The van der Waals surface area contributed by atoms with Crippen LogP contribution in [-0.4, -0.2) is 122 Å². The smallest absolute Gasteiger partial charge is 0.305 e. The molecule has 19 heteroatoms. The van der Waals surface area contributed by atoms with Crippen LogP contribution in [0.3, 0.4) is 0 Å². The van der Waals surface area contributed by atoms with E-state index in [2.05, 4.69) is 0 Å². The summed E-state index contributed by atoms with van der Waals surface area (Å²) in [5.74, 6) is -7.02. The van der Waals surface area contributed by atoms with Crippen molar-refractivity contribution in [1.82, 2.24) is 0 Å². The van der Waals surface area contributed by atoms with Crippen molar-refractivity contribution in [2.45, 2.75) is 117 Å². The van der Waals surface area contributed by atoms with Crippen LogP contribution in [0.2, 0.25) is 0 Å². The number of hydrogen-bond acceptors (Lipinski definition) is 19. The molecule has 0 aliphatic carbocycles. The number of carbonyl (C=O) groups is 8. The molecule has 0 aromatic heterocycles. The van der Waals surface area contributed by atoms with E-state index in [0.29, 0.717) is 0 Å². The molecule has 0 N–H and O–H groups in total. The first-order valence-electron chi connectivity index (χ1n) is 14.2. The zero-order chi connectivity index (χ0) is 35.6. The van der Waals surface area contributed by atoms with E-state index < -0.39 is 122 Å². The highest BCUT2D eigenvalue weighted by Gasteiger charge is 2.58. The molecule has 19 nitrogen and oxygen atoms in total. The maximum Gasteiger partial charge on any atom is 0.305 e. The van der Waals surface area contributed by atoms with Crippen LogP contribution in [0.4, 0.5) is 0 Å². The van der Waals surface area contributed by atoms with Gasteiger partial charge in [-0.05, 0) is 0 Å². The topological polar surface area (TPSA) is 238 Å². The quantitative estimate of drug-likeness (QED) is 0.181. The van der Waals surface area contributed by atoms with Crippen molar-refractivity contribution < 1.29 is 90.5 Å². The molecule has 0 unspecified atom stereocenters. The molecule has 0 saturated carbocycles. The van der Waals surface area contributed by atoms with Crippen LogP contribution in [0.1, 0.15) is 55.4 Å². The van der Waals surface area contributed by atoms with Crippen molar-refractivity contribution in [3.05, 3.63) is 0 Å². The van der Waals surface area contributed by atoms with E-state index in [1.807, 2.05) is 0 Å². The van der Waals surface area contributed by atoms with E-state index in [4.69, 9.17) is 52.1 Å². The zero-order valence-electron chi connectivity index (χ0n) is 26.9. The molecule has 10 atom stereocenters. The lowest BCUT2D eigenvalue weighted by atomic mass is 9.96. The molecule has 0 aromatic rings. The maximum atomic E-state index is 12.3. The minimum Gasteiger partial charge on any atom is -0.463 e. The highest BCUT2D eigenvalue weighted by atomic mass is 16.8. The van der Waals surface area contributed by atoms with Gasteiger partial charge >= 0.3 is 47.8 Å². The van der Waals surface area contributed by atoms with Gasteiger partial charge < -0.3 is 52.1 Å². The number of esters is 8. The molecule has 2 saturated heterocycles. The fraction of sp³-hybridized carbons (Fsp3) is 0.714. The number of hydrogen-bond donors (Lipinski definition) is 0. The van der Waals surface area contributed by atoms with E-state index in [1.54, 1.807) is 0 Å². The minimum absolute atomic E-state index is 0.590. The molecule has 2 fully saturated rings. The molecular weight excluding hydrogens is 640 g/mol. The highest BCUT2D eigenvalue weighted by molar-refractivity contribution is 5.70. The van der Waals surface area contributed by atoms with Crippen molar-refractivity contribution in [3.8, 4) is 0 Å². The Morgan fingerprint density at radius 2 is 0.702 bits per heavy atom. The first-order valence-corrected chi connectivity index (χ1v) is 14.2. The van der Waals surface area contributed by atoms with Crippen LogP contribution in [0.15, 0.2) is 0 Å². The van der Waals surface area contributed by atoms with Crippen LogP contribution in [0.25, 0.3) is 0 Å². The summed E-state index contributed by atoms with van der Waals surface area (Å²) in [5.41, 5.74) is 0. The summed E-state index contributed by atoms with van der Waals surface area (Å²) in [5, 5.41) is 0. The molecular formula is C28H38O19. The predicted octanol–water partition coefficient (Wildman–Crippen LogP) is -0.831. The van der Waals surface area contributed by atoms with Gasteiger partial charge in [-0.1, -0.05) is 0 Å². The molecule has 47 heavy (non-hydrogen) atoms. The van der Waals surface area contributed by atoms with E-state index in [0.717, 1.165) is 55.4 Å². The van der Waals surface area contributed by atoms with Crippen LogP contribution < -0.4 is 0 Å². The van der Waals surface area contributed by atoms with Gasteiger partial charge in [0.2, 0.25) is 12.4 Å². The summed E-state index contributed by atoms with van der Waals surface area (Å²) < 4.78 is 60.2. The summed E-state index contributed by atoms with van der Waals surface area (Å²) in [6.07, 6.45) is -16.3. The Labute approximate surface area is 268 Å². The van der Waals surface area contributed by atoms with Gasteiger partial charge in [0.15, 0.2) is 30.7 Å². The van der Waals surface area contributed by atoms with E-state index in [9.17, 15) is 38.4 Å². The number of rotatable bonds is 12. The zero-order valence-corrected chi connectivity index (χ0v) is 26.9. The Kier molecular flexibility index (Phi) is 14.5. The lowest BCUT2D eigenvalue weighted by Crippen LogP contribution is -2.67. The highest BCUT2D eigenvalue weighted by Crippen LogP contribution is 2.35. The van der Waals surface area contributed by atoms with Crippen LogP contribution in [0, 0.1) is 0 Å². The van der Waals surface area contributed by atoms with Gasteiger partial charge in [0, 0.05) is 55.4 Å². The first kappa shape index (κ1) is 38.8. The molecule has 0 aromatic carbocycles. The summed E-state index contributed by atoms with van der Waals surface area (Å²) in [4.78, 5) is 96.3. The van der Waals surface area contributed by atoms with E-state index in [1.165, 1.54) is 0 Å². The Bertz CT molecular complexity index is 1200. The van der Waals surface area contributed by atoms with Gasteiger partial charge in [0.05, 0.1) is 0 Å². The Morgan fingerprint density at radius 3 is 1.11 bits per heavy atom. The van der Waals surface area contributed by atoms with Gasteiger partial charge in [-0.3, -0.25) is 38.4 Å². The van der Waals surface area contributed by atoms with Crippen LogP contribution >= 0.6 is 0 Å². The standard InChI is InChI=1S/C28H38O19/c1-11(29)37-9-19-21(39-13(3)31)23(40-14(4)32)26(43-17(7)35)28(46-19)47-22-20(10-38-12(2)30)45-27(44-18(8)36)25(42-16(6)34)24(22)41-15(5)33/h19-28H,9-10H2,1-8H3/t19-,20+,21+,22+,23-,24+,25-,26+,27-,28+/m0/s1. The minimum atomic E-state index is -1.83. The summed E-state index contributed by atoms with van der Waals surface area (Å²) in [6.45, 7) is 7.05. The third kappa shape index (κ3) is 12.1. The molecule has 2 aliphatic heterocycles. The van der Waals surface area contributed by atoms with Gasteiger partial charge in [0.25, 0.3) is 0 Å². The van der Waals surface area contributed by atoms with Crippen LogP contribution in [-0.2, 0) is 90.5 Å². The Balaban J connectivity index is 2.73. The molecule has 2 rings (SSSR count). The van der Waals surface area contributed by atoms with Crippen molar-refractivity contribution >= 4 is 47.8 Å². The summed E-state index contributed by atoms with van der Waals surface area (Å²) >= 11 is 0. The van der Waals surface area contributed by atoms with Crippen molar-refractivity contribution in [2.24, 2.45) is 0 Å². The van der Waals surface area contributed by atoms with E-state index in [-0.39, 0.29) is 0 Å². The van der Waals surface area contributed by atoms with Gasteiger partial charge in [0.1, 0.15) is 31.5 Å². The monoisotopic (exact) mass is 678 g/mol. The third-order valence-corrected chi connectivity index (χ3v) is 6.17. The van der Waals surface area contributed by atoms with E-state index >= 15 is 0 Å². The lowest BCUT2D eigenvalue weighted by Gasteiger charge is -2.48. The Morgan fingerprint density at radius 1 is 0.383 bits per heavy atom. The second-order valence-electron chi connectivity index (χ2n) is 10.3. The van der Waals surface area contributed by atoms with Crippen molar-refractivity contribution in [2.75, 3.05) is 13.2 Å². The fourth-order valence-corrected chi connectivity index (χ4v) is 4.73. The first-order chi connectivity index (χ1) is 21.9. The largest absolute Gasteiger partial charge is 0.463 e. The molecule has 0 amide bonds. The molecule has 0 radical (unpaired) electrons. The maximum absolute atomic E-state index is 12.3. The third-order valence-electron chi connectivity index (χ3n) is 6.17. The predicted molar refractivity (Wildman–Crippen MR) is 145 cm³/mol. The second kappa shape index (κ2) is 17.5. The summed E-state index contributed by atoms with van der Waals surface area (Å²) in [6, 6.07) is 0. The average molecular weight is 679 g/mol. The molecule has 264 valence electrons. The van der Waals surface area contributed by atoms with Gasteiger partial charge in [-0.25, -0.2) is 0 Å². The van der Waals surface area contributed by atoms with Crippen LogP contribution in [0.5, 0.6) is 0 Å². The average Bonchev–Trinajstić information content (AvgIpc) is 2.91. The fourth-order valence-electron chi connectivity index (χ4n) is 4.73. The van der Waals surface area contributed by atoms with Gasteiger partial charge in [-0.15, -0.1) is 0 Å². The van der Waals surface area contributed by atoms with Crippen molar-refractivity contribution in [1.29, 1.82) is 0 Å². The Hall–Kier alpha value is -4.36. The number of ether oxygens (including phenoxy) is 11. The molecule has 0 spiro atoms. The lowest BCUT2D eigenvalue weighted by molar-refractivity contribution is -0.357. The van der Waals surface area contributed by atoms with Gasteiger partial charge in [-0.2, -0.15) is 0 Å². The van der Waals surface area contributed by atoms with Crippen molar-refractivity contribution in [3.63, 3.8) is 0 Å². The number of carbonyl (C=O) groups excluding carboxylic acids is 8. The molecule has 2 aliphatic rings. The molecule has 0 bridgehead atoms.